The van der Waals surface area contributed by atoms with Crippen LogP contribution in [-0.2, 0) is 9.47 Å². The molecule has 0 radical (unpaired) electrons. The highest BCUT2D eigenvalue weighted by Gasteiger charge is 2.36. The van der Waals surface area contributed by atoms with Crippen molar-refractivity contribution in [3.8, 4) is 11.5 Å². The molecule has 2 aromatic carbocycles. The Morgan fingerprint density at radius 2 is 1.79 bits per heavy atom. The number of aryl methyl sites for hydroxylation is 1. The number of methoxy groups -OCH3 is 1. The van der Waals surface area contributed by atoms with E-state index in [1.54, 1.807) is 13.4 Å². The van der Waals surface area contributed by atoms with Gasteiger partial charge in [-0.15, -0.1) is 0 Å². The average Bonchev–Trinajstić information content (AvgIpc) is 3.26. The Morgan fingerprint density at radius 3 is 2.52 bits per heavy atom. The van der Waals surface area contributed by atoms with E-state index in [0.29, 0.717) is 31.3 Å². The van der Waals surface area contributed by atoms with Gasteiger partial charge in [0.1, 0.15) is 12.1 Å². The quantitative estimate of drug-likeness (QED) is 0.522. The van der Waals surface area contributed by atoms with Crippen molar-refractivity contribution in [3.05, 3.63) is 48.3 Å². The number of ether oxygens (including phenoxy) is 4. The van der Waals surface area contributed by atoms with Crippen LogP contribution in [0.15, 0.2) is 42.7 Å². The summed E-state index contributed by atoms with van der Waals surface area (Å²) < 4.78 is 23.3. The molecule has 2 atom stereocenters. The van der Waals surface area contributed by atoms with Crippen molar-refractivity contribution in [1.29, 1.82) is 0 Å². The molecule has 2 fully saturated rings. The molecule has 5 rings (SSSR count). The van der Waals surface area contributed by atoms with E-state index in [0.717, 1.165) is 48.5 Å². The predicted molar refractivity (Wildman–Crippen MR) is 127 cm³/mol. The molecule has 0 amide bonds. The van der Waals surface area contributed by atoms with E-state index in [9.17, 15) is 0 Å². The third-order valence-electron chi connectivity index (χ3n) is 6.15. The Balaban J connectivity index is 1.25. The standard InChI is InChI=1S/C25H30N4O4/c1-17-4-6-18(7-5-17)28-25-19-12-22(21(30-2)13-20(19)26-16-27-25)31-9-3-8-29-14-23-24(15-29)33-11-10-32-23/h4-7,12-13,16,23-24H,3,8-11,14-15H2,1-2H3,(H,26,27,28). The van der Waals surface area contributed by atoms with Crippen LogP contribution in [0.2, 0.25) is 0 Å². The van der Waals surface area contributed by atoms with Crippen LogP contribution < -0.4 is 14.8 Å². The number of hydrogen-bond donors (Lipinski definition) is 1. The van der Waals surface area contributed by atoms with Crippen molar-refractivity contribution in [1.82, 2.24) is 14.9 Å². The maximum Gasteiger partial charge on any atom is 0.162 e. The zero-order valence-corrected chi connectivity index (χ0v) is 19.1. The molecule has 174 valence electrons. The predicted octanol–water partition coefficient (Wildman–Crippen LogP) is 3.56. The van der Waals surface area contributed by atoms with Gasteiger partial charge in [0.25, 0.3) is 0 Å². The lowest BCUT2D eigenvalue weighted by molar-refractivity contribution is -0.116. The molecule has 2 aliphatic heterocycles. The number of rotatable bonds is 8. The van der Waals surface area contributed by atoms with Gasteiger partial charge in [0.05, 0.1) is 44.7 Å². The first-order valence-corrected chi connectivity index (χ1v) is 11.4. The summed E-state index contributed by atoms with van der Waals surface area (Å²) in [5, 5.41) is 4.27. The lowest BCUT2D eigenvalue weighted by atomic mass is 10.2. The summed E-state index contributed by atoms with van der Waals surface area (Å²) in [6.07, 6.45) is 2.87. The van der Waals surface area contributed by atoms with Crippen LogP contribution >= 0.6 is 0 Å². The molecule has 0 aliphatic carbocycles. The monoisotopic (exact) mass is 450 g/mol. The highest BCUT2D eigenvalue weighted by molar-refractivity contribution is 5.93. The summed E-state index contributed by atoms with van der Waals surface area (Å²) in [6, 6.07) is 12.1. The van der Waals surface area contributed by atoms with E-state index in [1.807, 2.05) is 24.3 Å². The molecule has 0 saturated carbocycles. The van der Waals surface area contributed by atoms with Gasteiger partial charge in [0, 0.05) is 36.8 Å². The largest absolute Gasteiger partial charge is 0.493 e. The highest BCUT2D eigenvalue weighted by Crippen LogP contribution is 2.35. The molecule has 2 unspecified atom stereocenters. The summed E-state index contributed by atoms with van der Waals surface area (Å²) in [4.78, 5) is 11.3. The smallest absolute Gasteiger partial charge is 0.162 e. The van der Waals surface area contributed by atoms with Crippen molar-refractivity contribution in [2.24, 2.45) is 0 Å². The van der Waals surface area contributed by atoms with Gasteiger partial charge in [0.2, 0.25) is 0 Å². The van der Waals surface area contributed by atoms with Gasteiger partial charge in [-0.05, 0) is 31.5 Å². The first-order valence-electron chi connectivity index (χ1n) is 11.4. The van der Waals surface area contributed by atoms with Crippen molar-refractivity contribution in [3.63, 3.8) is 0 Å². The van der Waals surface area contributed by atoms with Gasteiger partial charge in [-0.2, -0.15) is 0 Å². The fourth-order valence-electron chi connectivity index (χ4n) is 4.40. The van der Waals surface area contributed by atoms with E-state index in [2.05, 4.69) is 39.2 Å². The van der Waals surface area contributed by atoms with Crippen LogP contribution in [0.25, 0.3) is 10.9 Å². The summed E-state index contributed by atoms with van der Waals surface area (Å²) >= 11 is 0. The topological polar surface area (TPSA) is 78.0 Å². The molecule has 2 aliphatic rings. The average molecular weight is 451 g/mol. The van der Waals surface area contributed by atoms with Crippen LogP contribution in [0.5, 0.6) is 11.5 Å². The maximum absolute atomic E-state index is 6.14. The second kappa shape index (κ2) is 9.91. The van der Waals surface area contributed by atoms with Crippen LogP contribution in [-0.4, -0.2) is 73.6 Å². The lowest BCUT2D eigenvalue weighted by Gasteiger charge is -2.24. The third kappa shape index (κ3) is 5.03. The molecule has 1 aromatic heterocycles. The Kier molecular flexibility index (Phi) is 6.57. The first kappa shape index (κ1) is 21.9. The molecule has 33 heavy (non-hydrogen) atoms. The summed E-state index contributed by atoms with van der Waals surface area (Å²) in [7, 11) is 1.65. The van der Waals surface area contributed by atoms with Gasteiger partial charge in [-0.25, -0.2) is 9.97 Å². The molecular weight excluding hydrogens is 420 g/mol. The Labute approximate surface area is 193 Å². The fourth-order valence-corrected chi connectivity index (χ4v) is 4.40. The van der Waals surface area contributed by atoms with Gasteiger partial charge in [0.15, 0.2) is 11.5 Å². The minimum atomic E-state index is 0.208. The molecule has 1 N–H and O–H groups in total. The van der Waals surface area contributed by atoms with Crippen LogP contribution in [0.4, 0.5) is 11.5 Å². The van der Waals surface area contributed by atoms with Gasteiger partial charge < -0.3 is 24.3 Å². The zero-order valence-electron chi connectivity index (χ0n) is 19.1. The van der Waals surface area contributed by atoms with Crippen molar-refractivity contribution in [2.75, 3.05) is 51.9 Å². The van der Waals surface area contributed by atoms with Crippen LogP contribution in [0.3, 0.4) is 0 Å². The van der Waals surface area contributed by atoms with E-state index >= 15 is 0 Å². The van der Waals surface area contributed by atoms with E-state index in [4.69, 9.17) is 18.9 Å². The second-order valence-corrected chi connectivity index (χ2v) is 8.51. The number of likely N-dealkylation sites (tertiary alicyclic amines) is 1. The van der Waals surface area contributed by atoms with Gasteiger partial charge in [-0.3, -0.25) is 4.90 Å². The second-order valence-electron chi connectivity index (χ2n) is 8.51. The lowest BCUT2D eigenvalue weighted by Crippen LogP contribution is -2.36. The molecule has 8 heteroatoms. The van der Waals surface area contributed by atoms with Crippen molar-refractivity contribution < 1.29 is 18.9 Å². The fraction of sp³-hybridized carbons (Fsp3) is 0.440. The number of nitrogens with one attached hydrogen (secondary N) is 1. The number of anilines is 2. The molecular formula is C25H30N4O4. The van der Waals surface area contributed by atoms with Gasteiger partial charge >= 0.3 is 0 Å². The SMILES string of the molecule is COc1cc2ncnc(Nc3ccc(C)cc3)c2cc1OCCCN1CC2OCCOC2C1. The number of hydrogen-bond acceptors (Lipinski definition) is 8. The molecule has 0 spiro atoms. The van der Waals surface area contributed by atoms with Crippen LogP contribution in [0.1, 0.15) is 12.0 Å². The van der Waals surface area contributed by atoms with Crippen molar-refractivity contribution >= 4 is 22.4 Å². The van der Waals surface area contributed by atoms with E-state index < -0.39 is 0 Å². The number of aromatic nitrogens is 2. The number of fused-ring (bicyclic) bond motifs is 2. The minimum absolute atomic E-state index is 0.208. The first-order chi connectivity index (χ1) is 16.2. The normalized spacial score (nSPS) is 20.5. The van der Waals surface area contributed by atoms with Gasteiger partial charge in [-0.1, -0.05) is 17.7 Å². The summed E-state index contributed by atoms with van der Waals surface area (Å²) in [5.74, 6) is 2.08. The Hall–Kier alpha value is -2.94. The molecule has 2 saturated heterocycles. The maximum atomic E-state index is 6.14. The number of nitrogens with zero attached hydrogens (tertiary/aromatic N) is 3. The number of benzene rings is 2. The third-order valence-corrected chi connectivity index (χ3v) is 6.15. The summed E-state index contributed by atoms with van der Waals surface area (Å²) in [5.41, 5.74) is 2.97. The molecule has 0 bridgehead atoms. The Morgan fingerprint density at radius 1 is 1.03 bits per heavy atom. The highest BCUT2D eigenvalue weighted by atomic mass is 16.6. The molecule has 8 nitrogen and oxygen atoms in total. The minimum Gasteiger partial charge on any atom is -0.493 e. The van der Waals surface area contributed by atoms with E-state index in [1.165, 1.54) is 5.56 Å². The molecule has 3 heterocycles. The zero-order chi connectivity index (χ0) is 22.6. The molecule has 3 aromatic rings. The van der Waals surface area contributed by atoms with Crippen molar-refractivity contribution in [2.45, 2.75) is 25.6 Å². The summed E-state index contributed by atoms with van der Waals surface area (Å²) in [6.45, 7) is 6.85. The van der Waals surface area contributed by atoms with E-state index in [-0.39, 0.29) is 12.2 Å². The van der Waals surface area contributed by atoms with Crippen LogP contribution in [0, 0.1) is 6.92 Å². The Bertz CT molecular complexity index is 1080.